The molecular formula is C14H22N2OS. The summed E-state index contributed by atoms with van der Waals surface area (Å²) in [6.45, 7) is 7.07. The molecule has 0 aliphatic carbocycles. The molecule has 2 unspecified atom stereocenters. The maximum Gasteiger partial charge on any atom is 0.221 e. The molecule has 3 nitrogen and oxygen atoms in total. The van der Waals surface area contributed by atoms with Crippen molar-refractivity contribution >= 4 is 17.7 Å². The van der Waals surface area contributed by atoms with E-state index >= 15 is 0 Å². The molecule has 0 spiro atoms. The Labute approximate surface area is 114 Å². The van der Waals surface area contributed by atoms with E-state index in [0.29, 0.717) is 6.04 Å². The van der Waals surface area contributed by atoms with Crippen LogP contribution in [-0.4, -0.2) is 18.2 Å². The molecule has 0 saturated heterocycles. The summed E-state index contributed by atoms with van der Waals surface area (Å²) in [6.07, 6.45) is 0. The summed E-state index contributed by atoms with van der Waals surface area (Å²) in [5.41, 5.74) is 6.53. The van der Waals surface area contributed by atoms with Crippen molar-refractivity contribution in [2.45, 2.75) is 31.7 Å². The van der Waals surface area contributed by atoms with Gasteiger partial charge in [0.05, 0.1) is 0 Å². The third-order valence-corrected chi connectivity index (χ3v) is 4.11. The number of amides is 1. The van der Waals surface area contributed by atoms with E-state index in [1.807, 2.05) is 6.92 Å². The lowest BCUT2D eigenvalue weighted by Crippen LogP contribution is -2.22. The molecule has 0 bridgehead atoms. The first-order chi connectivity index (χ1) is 8.54. The van der Waals surface area contributed by atoms with Crippen molar-refractivity contribution in [3.63, 3.8) is 0 Å². The van der Waals surface area contributed by atoms with E-state index < -0.39 is 0 Å². The maximum atomic E-state index is 11.0. The van der Waals surface area contributed by atoms with E-state index in [1.165, 1.54) is 10.5 Å². The summed E-state index contributed by atoms with van der Waals surface area (Å²) in [4.78, 5) is 12.2. The van der Waals surface area contributed by atoms with Crippen LogP contribution in [0.25, 0.3) is 0 Å². The second-order valence-corrected chi connectivity index (χ2v) is 5.56. The summed E-state index contributed by atoms with van der Waals surface area (Å²) in [5.74, 6) is 0.401. The Bertz CT molecular complexity index is 395. The highest BCUT2D eigenvalue weighted by molar-refractivity contribution is 7.99. The molecule has 18 heavy (non-hydrogen) atoms. The minimum atomic E-state index is -0.236. The van der Waals surface area contributed by atoms with Crippen LogP contribution in [0, 0.1) is 5.92 Å². The predicted molar refractivity (Wildman–Crippen MR) is 77.6 cm³/mol. The summed E-state index contributed by atoms with van der Waals surface area (Å²) in [7, 11) is 0. The smallest absolute Gasteiger partial charge is 0.221 e. The van der Waals surface area contributed by atoms with Gasteiger partial charge in [0.15, 0.2) is 0 Å². The first-order valence-corrected chi connectivity index (χ1v) is 7.28. The number of nitrogens with two attached hydrogens (primary N) is 1. The first-order valence-electron chi connectivity index (χ1n) is 6.30. The average molecular weight is 266 g/mol. The van der Waals surface area contributed by atoms with Crippen LogP contribution < -0.4 is 11.1 Å². The van der Waals surface area contributed by atoms with E-state index in [1.54, 1.807) is 11.8 Å². The Morgan fingerprint density at radius 2 is 2.17 bits per heavy atom. The van der Waals surface area contributed by atoms with Gasteiger partial charge in [-0.1, -0.05) is 26.0 Å². The number of primary amides is 1. The van der Waals surface area contributed by atoms with E-state index in [0.717, 1.165) is 12.3 Å². The van der Waals surface area contributed by atoms with Gasteiger partial charge in [0.1, 0.15) is 0 Å². The minimum absolute atomic E-state index is 0.0927. The fourth-order valence-electron chi connectivity index (χ4n) is 1.60. The van der Waals surface area contributed by atoms with Crippen LogP contribution >= 0.6 is 11.8 Å². The van der Waals surface area contributed by atoms with Crippen LogP contribution in [-0.2, 0) is 4.79 Å². The second-order valence-electron chi connectivity index (χ2n) is 4.47. The van der Waals surface area contributed by atoms with Crippen molar-refractivity contribution in [3.05, 3.63) is 29.8 Å². The fraction of sp³-hybridized carbons (Fsp3) is 0.500. The summed E-state index contributed by atoms with van der Waals surface area (Å²) in [5, 5.41) is 3.39. The third-order valence-electron chi connectivity index (χ3n) is 2.85. The zero-order chi connectivity index (χ0) is 13.5. The van der Waals surface area contributed by atoms with E-state index in [4.69, 9.17) is 5.73 Å². The van der Waals surface area contributed by atoms with Gasteiger partial charge in [0, 0.05) is 22.6 Å². The number of rotatable bonds is 7. The Hall–Kier alpha value is -1.00. The molecule has 3 N–H and O–H groups in total. The molecule has 0 aromatic heterocycles. The summed E-state index contributed by atoms with van der Waals surface area (Å²) >= 11 is 1.68. The van der Waals surface area contributed by atoms with Crippen LogP contribution in [0.5, 0.6) is 0 Å². The maximum absolute atomic E-state index is 11.0. The average Bonchev–Trinajstić information content (AvgIpc) is 2.36. The van der Waals surface area contributed by atoms with Crippen LogP contribution in [0.4, 0.5) is 0 Å². The monoisotopic (exact) mass is 266 g/mol. The summed E-state index contributed by atoms with van der Waals surface area (Å²) < 4.78 is 0. The van der Waals surface area contributed by atoms with Crippen molar-refractivity contribution < 1.29 is 4.79 Å². The van der Waals surface area contributed by atoms with Gasteiger partial charge < -0.3 is 11.1 Å². The number of nitrogens with one attached hydrogen (secondary N) is 1. The highest BCUT2D eigenvalue weighted by Crippen LogP contribution is 2.24. The molecule has 1 amide bonds. The molecule has 1 aromatic rings. The largest absolute Gasteiger partial charge is 0.369 e. The molecule has 0 fully saturated rings. The molecule has 0 radical (unpaired) electrons. The Balaban J connectivity index is 2.62. The van der Waals surface area contributed by atoms with E-state index in [9.17, 15) is 4.79 Å². The van der Waals surface area contributed by atoms with Crippen molar-refractivity contribution in [1.82, 2.24) is 5.32 Å². The van der Waals surface area contributed by atoms with Crippen LogP contribution in [0.1, 0.15) is 32.4 Å². The van der Waals surface area contributed by atoms with Gasteiger partial charge in [-0.15, -0.1) is 11.8 Å². The number of thioether (sulfide) groups is 1. The lowest BCUT2D eigenvalue weighted by Gasteiger charge is -2.14. The molecule has 2 atom stereocenters. The van der Waals surface area contributed by atoms with Crippen LogP contribution in [0.15, 0.2) is 29.2 Å². The number of carbonyl (C=O) groups excluding carboxylic acids is 1. The molecule has 0 heterocycles. The zero-order valence-corrected chi connectivity index (χ0v) is 12.1. The van der Waals surface area contributed by atoms with E-state index in [2.05, 4.69) is 43.4 Å². The molecule has 0 aliphatic rings. The van der Waals surface area contributed by atoms with Crippen LogP contribution in [0.2, 0.25) is 0 Å². The van der Waals surface area contributed by atoms with Gasteiger partial charge in [-0.05, 0) is 31.2 Å². The van der Waals surface area contributed by atoms with Crippen molar-refractivity contribution in [1.29, 1.82) is 0 Å². The van der Waals surface area contributed by atoms with Gasteiger partial charge >= 0.3 is 0 Å². The molecular weight excluding hydrogens is 244 g/mol. The number of benzene rings is 1. The number of carbonyl (C=O) groups is 1. The normalized spacial score (nSPS) is 14.2. The van der Waals surface area contributed by atoms with Gasteiger partial charge in [-0.2, -0.15) is 0 Å². The molecule has 1 aromatic carbocycles. The highest BCUT2D eigenvalue weighted by Gasteiger charge is 2.10. The van der Waals surface area contributed by atoms with Crippen molar-refractivity contribution in [2.24, 2.45) is 11.7 Å². The highest BCUT2D eigenvalue weighted by atomic mass is 32.2. The number of hydrogen-bond acceptors (Lipinski definition) is 3. The first kappa shape index (κ1) is 15.1. The quantitative estimate of drug-likeness (QED) is 0.746. The van der Waals surface area contributed by atoms with Gasteiger partial charge in [0.25, 0.3) is 0 Å². The molecule has 4 heteroatoms. The van der Waals surface area contributed by atoms with E-state index in [-0.39, 0.29) is 11.8 Å². The predicted octanol–water partition coefficient (Wildman–Crippen LogP) is 2.57. The molecule has 1 rings (SSSR count). The third kappa shape index (κ3) is 4.70. The lowest BCUT2D eigenvalue weighted by molar-refractivity contribution is -0.120. The van der Waals surface area contributed by atoms with Crippen molar-refractivity contribution in [3.8, 4) is 0 Å². The summed E-state index contributed by atoms with van der Waals surface area (Å²) in [6, 6.07) is 8.77. The standard InChI is InChI=1S/C14H22N2OS/c1-4-16-11(3)12-6-5-7-13(8-12)18-9-10(2)14(15)17/h5-8,10-11,16H,4,9H2,1-3H3,(H2,15,17). The van der Waals surface area contributed by atoms with Crippen molar-refractivity contribution in [2.75, 3.05) is 12.3 Å². The molecule has 0 saturated carbocycles. The molecule has 0 aliphatic heterocycles. The van der Waals surface area contributed by atoms with Gasteiger partial charge in [-0.25, -0.2) is 0 Å². The Kier molecular flexibility index (Phi) is 6.22. The van der Waals surface area contributed by atoms with Gasteiger partial charge in [0.2, 0.25) is 5.91 Å². The Morgan fingerprint density at radius 1 is 1.44 bits per heavy atom. The minimum Gasteiger partial charge on any atom is -0.369 e. The Morgan fingerprint density at radius 3 is 2.78 bits per heavy atom. The number of hydrogen-bond donors (Lipinski definition) is 2. The lowest BCUT2D eigenvalue weighted by atomic mass is 10.1. The second kappa shape index (κ2) is 7.44. The molecule has 100 valence electrons. The zero-order valence-electron chi connectivity index (χ0n) is 11.3. The fourth-order valence-corrected chi connectivity index (χ4v) is 2.60. The topological polar surface area (TPSA) is 55.1 Å². The van der Waals surface area contributed by atoms with Gasteiger partial charge in [-0.3, -0.25) is 4.79 Å². The van der Waals surface area contributed by atoms with Crippen LogP contribution in [0.3, 0.4) is 0 Å². The SMILES string of the molecule is CCNC(C)c1cccc(SCC(C)C(N)=O)c1.